The predicted octanol–water partition coefficient (Wildman–Crippen LogP) is 1.05. The molecule has 15 heavy (non-hydrogen) atoms. The number of hydrogen-bond acceptors (Lipinski definition) is 4. The van der Waals surface area contributed by atoms with Gasteiger partial charge in [0.05, 0.1) is 25.9 Å². The van der Waals surface area contributed by atoms with Gasteiger partial charge in [-0.25, -0.2) is 0 Å². The van der Waals surface area contributed by atoms with Crippen molar-refractivity contribution >= 4 is 0 Å². The molecule has 0 amide bonds. The Kier molecular flexibility index (Phi) is 10.3. The Bertz CT molecular complexity index is 131. The molecule has 0 aromatic rings. The zero-order valence-electron chi connectivity index (χ0n) is 10.4. The fourth-order valence-corrected chi connectivity index (χ4v) is 1.14. The van der Waals surface area contributed by atoms with E-state index < -0.39 is 0 Å². The topological polar surface area (TPSA) is 39.7 Å². The van der Waals surface area contributed by atoms with E-state index in [4.69, 9.17) is 14.2 Å². The van der Waals surface area contributed by atoms with Crippen LogP contribution in [0.4, 0.5) is 0 Å². The third kappa shape index (κ3) is 10.1. The van der Waals surface area contributed by atoms with E-state index in [0.717, 1.165) is 13.2 Å². The second kappa shape index (κ2) is 10.4. The van der Waals surface area contributed by atoms with E-state index in [1.807, 2.05) is 6.92 Å². The highest BCUT2D eigenvalue weighted by Crippen LogP contribution is 1.93. The van der Waals surface area contributed by atoms with Gasteiger partial charge in [0.15, 0.2) is 0 Å². The van der Waals surface area contributed by atoms with E-state index >= 15 is 0 Å². The molecule has 0 heterocycles. The van der Waals surface area contributed by atoms with Crippen molar-refractivity contribution in [3.8, 4) is 0 Å². The third-order valence-corrected chi connectivity index (χ3v) is 1.89. The number of rotatable bonds is 10. The highest BCUT2D eigenvalue weighted by molar-refractivity contribution is 4.63. The predicted molar refractivity (Wildman–Crippen MR) is 61.2 cm³/mol. The minimum absolute atomic E-state index is 0.109. The Balaban J connectivity index is 3.53. The van der Waals surface area contributed by atoms with Gasteiger partial charge in [0.1, 0.15) is 0 Å². The molecule has 0 bridgehead atoms. The fraction of sp³-hybridized carbons (Fsp3) is 1.00. The first-order valence-corrected chi connectivity index (χ1v) is 5.62. The minimum Gasteiger partial charge on any atom is -0.382 e. The Morgan fingerprint density at radius 1 is 1.20 bits per heavy atom. The molecular formula is C11H25NO3. The second-order valence-electron chi connectivity index (χ2n) is 3.71. The molecule has 0 saturated heterocycles. The van der Waals surface area contributed by atoms with Crippen molar-refractivity contribution in [3.63, 3.8) is 0 Å². The molecule has 0 aromatic carbocycles. The van der Waals surface area contributed by atoms with Crippen LogP contribution in [0.25, 0.3) is 0 Å². The lowest BCUT2D eigenvalue weighted by Gasteiger charge is -2.19. The molecule has 1 atom stereocenters. The van der Waals surface area contributed by atoms with Gasteiger partial charge in [-0.2, -0.15) is 0 Å². The van der Waals surface area contributed by atoms with Gasteiger partial charge in [0.2, 0.25) is 0 Å². The van der Waals surface area contributed by atoms with E-state index in [2.05, 4.69) is 19.2 Å². The molecule has 0 aliphatic heterocycles. The van der Waals surface area contributed by atoms with Gasteiger partial charge in [-0.3, -0.25) is 0 Å². The van der Waals surface area contributed by atoms with Crippen molar-refractivity contribution in [2.45, 2.75) is 32.9 Å². The van der Waals surface area contributed by atoms with Crippen LogP contribution >= 0.6 is 0 Å². The van der Waals surface area contributed by atoms with Crippen LogP contribution < -0.4 is 5.32 Å². The highest BCUT2D eigenvalue weighted by Gasteiger charge is 2.08. The van der Waals surface area contributed by atoms with Crippen LogP contribution in [0.15, 0.2) is 0 Å². The lowest BCUT2D eigenvalue weighted by molar-refractivity contribution is -0.0264. The normalized spacial score (nSPS) is 13.4. The third-order valence-electron chi connectivity index (χ3n) is 1.89. The van der Waals surface area contributed by atoms with Gasteiger partial charge >= 0.3 is 0 Å². The van der Waals surface area contributed by atoms with E-state index in [9.17, 15) is 0 Å². The minimum atomic E-state index is 0.109. The lowest BCUT2D eigenvalue weighted by Crippen LogP contribution is -2.36. The second-order valence-corrected chi connectivity index (χ2v) is 3.71. The molecule has 4 heteroatoms. The standard InChI is InChI=1S/C11H25NO3/c1-5-14-6-7-15-11(9-13-4)8-12-10(2)3/h10-12H,5-9H2,1-4H3. The molecule has 0 saturated carbocycles. The van der Waals surface area contributed by atoms with Gasteiger partial charge in [-0.1, -0.05) is 13.8 Å². The fourth-order valence-electron chi connectivity index (χ4n) is 1.14. The van der Waals surface area contributed by atoms with Gasteiger partial charge in [0, 0.05) is 26.3 Å². The summed E-state index contributed by atoms with van der Waals surface area (Å²) in [6.45, 7) is 9.66. The van der Waals surface area contributed by atoms with E-state index in [1.54, 1.807) is 7.11 Å². The quantitative estimate of drug-likeness (QED) is 0.558. The maximum atomic E-state index is 5.62. The summed E-state index contributed by atoms with van der Waals surface area (Å²) in [7, 11) is 1.69. The summed E-state index contributed by atoms with van der Waals surface area (Å²) in [6, 6.07) is 0.472. The maximum absolute atomic E-state index is 5.62. The van der Waals surface area contributed by atoms with Crippen LogP contribution in [-0.4, -0.2) is 52.2 Å². The first kappa shape index (κ1) is 14.8. The molecule has 4 nitrogen and oxygen atoms in total. The first-order valence-electron chi connectivity index (χ1n) is 5.62. The molecule has 0 spiro atoms. The van der Waals surface area contributed by atoms with Crippen molar-refractivity contribution in [1.29, 1.82) is 0 Å². The average Bonchev–Trinajstić information content (AvgIpc) is 2.20. The molecule has 0 radical (unpaired) electrons. The summed E-state index contributed by atoms with van der Waals surface area (Å²) in [5, 5.41) is 3.33. The van der Waals surface area contributed by atoms with Gasteiger partial charge in [-0.05, 0) is 6.92 Å². The van der Waals surface area contributed by atoms with Crippen LogP contribution in [0.5, 0.6) is 0 Å². The molecule has 0 fully saturated rings. The Morgan fingerprint density at radius 3 is 2.47 bits per heavy atom. The van der Waals surface area contributed by atoms with E-state index in [0.29, 0.717) is 25.9 Å². The number of ether oxygens (including phenoxy) is 3. The van der Waals surface area contributed by atoms with Crippen molar-refractivity contribution in [1.82, 2.24) is 5.32 Å². The number of hydrogen-bond donors (Lipinski definition) is 1. The number of methoxy groups -OCH3 is 1. The average molecular weight is 219 g/mol. The summed E-state index contributed by atoms with van der Waals surface area (Å²) in [5.41, 5.74) is 0. The van der Waals surface area contributed by atoms with Crippen molar-refractivity contribution < 1.29 is 14.2 Å². The van der Waals surface area contributed by atoms with Crippen molar-refractivity contribution in [3.05, 3.63) is 0 Å². The van der Waals surface area contributed by atoms with Crippen LogP contribution in [0, 0.1) is 0 Å². The van der Waals surface area contributed by atoms with Gasteiger partial charge in [0.25, 0.3) is 0 Å². The van der Waals surface area contributed by atoms with Gasteiger partial charge in [-0.15, -0.1) is 0 Å². The van der Waals surface area contributed by atoms with E-state index in [-0.39, 0.29) is 6.10 Å². The monoisotopic (exact) mass is 219 g/mol. The first-order chi connectivity index (χ1) is 7.20. The van der Waals surface area contributed by atoms with Crippen molar-refractivity contribution in [2.75, 3.05) is 40.1 Å². The Labute approximate surface area is 93.3 Å². The lowest BCUT2D eigenvalue weighted by atomic mass is 10.3. The zero-order valence-corrected chi connectivity index (χ0v) is 10.4. The smallest absolute Gasteiger partial charge is 0.0933 e. The summed E-state index contributed by atoms with van der Waals surface area (Å²) in [4.78, 5) is 0. The molecule has 0 rings (SSSR count). The zero-order chi connectivity index (χ0) is 11.5. The van der Waals surface area contributed by atoms with Crippen LogP contribution in [0.2, 0.25) is 0 Å². The Hall–Kier alpha value is -0.160. The Morgan fingerprint density at radius 2 is 1.93 bits per heavy atom. The molecular weight excluding hydrogens is 194 g/mol. The van der Waals surface area contributed by atoms with Crippen LogP contribution in [-0.2, 0) is 14.2 Å². The van der Waals surface area contributed by atoms with Crippen LogP contribution in [0.3, 0.4) is 0 Å². The SMILES string of the molecule is CCOCCOC(CNC(C)C)COC. The van der Waals surface area contributed by atoms with E-state index in [1.165, 1.54) is 0 Å². The largest absolute Gasteiger partial charge is 0.382 e. The molecule has 0 aliphatic rings. The summed E-state index contributed by atoms with van der Waals surface area (Å²) in [5.74, 6) is 0. The maximum Gasteiger partial charge on any atom is 0.0933 e. The highest BCUT2D eigenvalue weighted by atomic mass is 16.5. The summed E-state index contributed by atoms with van der Waals surface area (Å²) in [6.07, 6.45) is 0.109. The summed E-state index contributed by atoms with van der Waals surface area (Å²) >= 11 is 0. The van der Waals surface area contributed by atoms with Crippen LogP contribution in [0.1, 0.15) is 20.8 Å². The molecule has 0 aromatic heterocycles. The number of nitrogens with one attached hydrogen (secondary N) is 1. The van der Waals surface area contributed by atoms with Crippen molar-refractivity contribution in [2.24, 2.45) is 0 Å². The summed E-state index contributed by atoms with van der Waals surface area (Å²) < 4.78 is 15.9. The van der Waals surface area contributed by atoms with Gasteiger partial charge < -0.3 is 19.5 Å². The molecule has 0 aliphatic carbocycles. The molecule has 1 unspecified atom stereocenters. The molecule has 1 N–H and O–H groups in total. The molecule has 92 valence electrons.